The van der Waals surface area contributed by atoms with Gasteiger partial charge >= 0.3 is 0 Å². The zero-order chi connectivity index (χ0) is 13.3. The van der Waals surface area contributed by atoms with Gasteiger partial charge in [-0.3, -0.25) is 0 Å². The molecule has 20 heavy (non-hydrogen) atoms. The standard InChI is InChI=1S/C11H16N8S/c1-5-2-3-6-7(4-5)20-10-8(6)9-12-14-16-18(9)11-13-15-17-19(10)11/h5,9,12,14-17H,2-4H2,1H3/t5-,9?/m1/s1. The van der Waals surface area contributed by atoms with E-state index < -0.39 is 0 Å². The lowest BCUT2D eigenvalue weighted by atomic mass is 9.87. The third kappa shape index (κ3) is 1.31. The molecule has 1 unspecified atom stereocenters. The summed E-state index contributed by atoms with van der Waals surface area (Å²) in [4.78, 5) is 1.53. The minimum absolute atomic E-state index is 0.0927. The Bertz CT molecular complexity index is 610. The van der Waals surface area contributed by atoms with E-state index in [9.17, 15) is 0 Å². The van der Waals surface area contributed by atoms with E-state index in [1.165, 1.54) is 40.3 Å². The topological polar surface area (TPSA) is 79.0 Å². The van der Waals surface area contributed by atoms with Crippen molar-refractivity contribution in [1.29, 1.82) is 0 Å². The molecular formula is C11H16N8S. The number of hydrogen-bond acceptors (Lipinski definition) is 9. The highest BCUT2D eigenvalue weighted by atomic mass is 32.1. The molecule has 4 aliphatic rings. The van der Waals surface area contributed by atoms with Crippen LogP contribution in [0.25, 0.3) is 0 Å². The molecule has 0 bridgehead atoms. The predicted octanol–water partition coefficient (Wildman–Crippen LogP) is -0.185. The number of anilines is 1. The number of rotatable bonds is 0. The van der Waals surface area contributed by atoms with Crippen LogP contribution < -0.4 is 32.6 Å². The van der Waals surface area contributed by atoms with Gasteiger partial charge in [-0.15, -0.1) is 22.0 Å². The van der Waals surface area contributed by atoms with Gasteiger partial charge in [0.05, 0.1) is 0 Å². The molecule has 2 atom stereocenters. The van der Waals surface area contributed by atoms with Crippen LogP contribution in [0, 0.1) is 5.92 Å². The van der Waals surface area contributed by atoms with Gasteiger partial charge < -0.3 is 0 Å². The van der Waals surface area contributed by atoms with Crippen molar-refractivity contribution in [3.8, 4) is 0 Å². The summed E-state index contributed by atoms with van der Waals surface area (Å²) in [5.74, 6) is 1.61. The summed E-state index contributed by atoms with van der Waals surface area (Å²) in [6.45, 7) is 2.34. The Morgan fingerprint density at radius 2 is 2.30 bits per heavy atom. The first-order chi connectivity index (χ1) is 9.83. The molecule has 1 saturated heterocycles. The molecule has 1 aromatic rings. The highest BCUT2D eigenvalue weighted by Crippen LogP contribution is 2.47. The number of fused-ring (bicyclic) bond motifs is 8. The second kappa shape index (κ2) is 3.83. The molecular weight excluding hydrogens is 276 g/mol. The van der Waals surface area contributed by atoms with Gasteiger partial charge in [0.25, 0.3) is 5.96 Å². The van der Waals surface area contributed by atoms with E-state index in [1.807, 2.05) is 21.4 Å². The van der Waals surface area contributed by atoms with Crippen LogP contribution in [0.1, 0.15) is 35.5 Å². The third-order valence-electron chi connectivity index (χ3n) is 4.39. The fourth-order valence-corrected chi connectivity index (χ4v) is 4.89. The molecule has 0 radical (unpaired) electrons. The number of hydrogen-bond donors (Lipinski definition) is 5. The van der Waals surface area contributed by atoms with Crippen molar-refractivity contribution in [1.82, 2.24) is 32.6 Å². The summed E-state index contributed by atoms with van der Waals surface area (Å²) in [7, 11) is 0. The van der Waals surface area contributed by atoms with Crippen LogP contribution in [0.15, 0.2) is 5.10 Å². The van der Waals surface area contributed by atoms with Gasteiger partial charge in [-0.1, -0.05) is 6.92 Å². The molecule has 1 aromatic heterocycles. The summed E-state index contributed by atoms with van der Waals surface area (Å²) < 4.78 is 0. The zero-order valence-electron chi connectivity index (χ0n) is 11.0. The smallest absolute Gasteiger partial charge is 0.237 e. The summed E-state index contributed by atoms with van der Waals surface area (Å²) in [5, 5.41) is 9.55. The molecule has 1 aliphatic carbocycles. The van der Waals surface area contributed by atoms with Gasteiger partial charge in [0, 0.05) is 10.4 Å². The van der Waals surface area contributed by atoms with E-state index >= 15 is 0 Å². The fourth-order valence-electron chi connectivity index (χ4n) is 3.39. The normalized spacial score (nSPS) is 30.4. The third-order valence-corrected chi connectivity index (χ3v) is 5.64. The van der Waals surface area contributed by atoms with E-state index in [2.05, 4.69) is 39.6 Å². The molecule has 9 heteroatoms. The first-order valence-electron chi connectivity index (χ1n) is 6.91. The van der Waals surface area contributed by atoms with Crippen LogP contribution in [-0.4, -0.2) is 11.0 Å². The molecule has 0 saturated carbocycles. The minimum Gasteiger partial charge on any atom is -0.237 e. The summed E-state index contributed by atoms with van der Waals surface area (Å²) in [5.41, 5.74) is 18.2. The molecule has 4 heterocycles. The summed E-state index contributed by atoms with van der Waals surface area (Å²) >= 11 is 1.89. The molecule has 5 rings (SSSR count). The van der Waals surface area contributed by atoms with Crippen LogP contribution in [0.2, 0.25) is 0 Å². The van der Waals surface area contributed by atoms with Crippen molar-refractivity contribution in [2.75, 3.05) is 5.01 Å². The molecule has 8 nitrogen and oxygen atoms in total. The van der Waals surface area contributed by atoms with Gasteiger partial charge in [0.1, 0.15) is 11.2 Å². The number of thiophene rings is 1. The van der Waals surface area contributed by atoms with Crippen molar-refractivity contribution >= 4 is 22.3 Å². The monoisotopic (exact) mass is 292 g/mol. The number of guanidine groups is 1. The lowest BCUT2D eigenvalue weighted by molar-refractivity contribution is 0.287. The van der Waals surface area contributed by atoms with Crippen LogP contribution >= 0.6 is 11.3 Å². The molecule has 0 spiro atoms. The second-order valence-corrected chi connectivity index (χ2v) is 6.78. The predicted molar refractivity (Wildman–Crippen MR) is 75.7 cm³/mol. The van der Waals surface area contributed by atoms with Crippen LogP contribution in [0.3, 0.4) is 0 Å². The summed E-state index contributed by atoms with van der Waals surface area (Å²) in [6, 6.07) is 0. The van der Waals surface area contributed by atoms with Crippen molar-refractivity contribution in [2.45, 2.75) is 32.4 Å². The molecule has 3 aliphatic heterocycles. The first-order valence-corrected chi connectivity index (χ1v) is 7.73. The maximum Gasteiger partial charge on any atom is 0.259 e. The Morgan fingerprint density at radius 3 is 3.25 bits per heavy atom. The highest BCUT2D eigenvalue weighted by Gasteiger charge is 2.45. The van der Waals surface area contributed by atoms with Gasteiger partial charge in [-0.2, -0.15) is 11.1 Å². The first kappa shape index (κ1) is 11.3. The van der Waals surface area contributed by atoms with Crippen molar-refractivity contribution in [2.24, 2.45) is 11.0 Å². The average molecular weight is 292 g/mol. The Hall–Kier alpha value is -1.39. The number of hydrazone groups is 1. The quantitative estimate of drug-likeness (QED) is 0.454. The van der Waals surface area contributed by atoms with Crippen molar-refractivity contribution in [3.63, 3.8) is 0 Å². The molecule has 1 fully saturated rings. The van der Waals surface area contributed by atoms with Crippen molar-refractivity contribution in [3.05, 3.63) is 16.0 Å². The lowest BCUT2D eigenvalue weighted by Crippen LogP contribution is -2.55. The van der Waals surface area contributed by atoms with Crippen LogP contribution in [-0.2, 0) is 12.8 Å². The van der Waals surface area contributed by atoms with E-state index in [-0.39, 0.29) is 6.17 Å². The molecule has 106 valence electrons. The lowest BCUT2D eigenvalue weighted by Gasteiger charge is -2.34. The average Bonchev–Trinajstić information content (AvgIpc) is 3.14. The fraction of sp³-hybridized carbons (Fsp3) is 0.545. The van der Waals surface area contributed by atoms with Crippen molar-refractivity contribution < 1.29 is 0 Å². The molecule has 0 aromatic carbocycles. The Morgan fingerprint density at radius 1 is 1.35 bits per heavy atom. The summed E-state index contributed by atoms with van der Waals surface area (Å²) in [6.07, 6.45) is 3.72. The van der Waals surface area contributed by atoms with Gasteiger partial charge in [0.15, 0.2) is 0 Å². The zero-order valence-corrected chi connectivity index (χ0v) is 11.8. The molecule has 5 N–H and O–H groups in total. The largest absolute Gasteiger partial charge is 0.259 e. The van der Waals surface area contributed by atoms with Crippen LogP contribution in [0.5, 0.6) is 0 Å². The Kier molecular flexibility index (Phi) is 2.16. The van der Waals surface area contributed by atoms with Gasteiger partial charge in [0.2, 0.25) is 0 Å². The maximum atomic E-state index is 4.29. The maximum absolute atomic E-state index is 4.29. The van der Waals surface area contributed by atoms with E-state index in [1.54, 1.807) is 0 Å². The number of hydrazine groups is 5. The van der Waals surface area contributed by atoms with Gasteiger partial charge in [-0.25, -0.2) is 21.0 Å². The van der Waals surface area contributed by atoms with Crippen LogP contribution in [0.4, 0.5) is 5.00 Å². The highest BCUT2D eigenvalue weighted by molar-refractivity contribution is 7.16. The number of nitrogens with one attached hydrogen (secondary N) is 5. The Balaban J connectivity index is 1.71. The van der Waals surface area contributed by atoms with E-state index in [0.29, 0.717) is 0 Å². The van der Waals surface area contributed by atoms with E-state index in [4.69, 9.17) is 0 Å². The second-order valence-electron chi connectivity index (χ2n) is 5.70. The van der Waals surface area contributed by atoms with E-state index in [0.717, 1.165) is 11.9 Å². The number of nitrogens with zero attached hydrogens (tertiary/aromatic N) is 3. The Labute approximate surface area is 120 Å². The minimum atomic E-state index is 0.0927. The van der Waals surface area contributed by atoms with Gasteiger partial charge in [-0.05, 0) is 30.7 Å². The SMILES string of the molecule is C[C@@H]1CCc2c(sc3c2C2NNNN2C2=NNNN23)C1. The molecule has 0 amide bonds.